The van der Waals surface area contributed by atoms with Crippen LogP contribution in [0.25, 0.3) is 0 Å². The van der Waals surface area contributed by atoms with Gasteiger partial charge in [0.15, 0.2) is 0 Å². The Bertz CT molecular complexity index is 224. The summed E-state index contributed by atoms with van der Waals surface area (Å²) in [7, 11) is 0. The van der Waals surface area contributed by atoms with E-state index in [4.69, 9.17) is 4.74 Å². The van der Waals surface area contributed by atoms with E-state index >= 15 is 0 Å². The Labute approximate surface area is 106 Å². The highest BCUT2D eigenvalue weighted by Crippen LogP contribution is 2.27. The van der Waals surface area contributed by atoms with Gasteiger partial charge in [-0.2, -0.15) is 0 Å². The van der Waals surface area contributed by atoms with Crippen LogP contribution in [0.5, 0.6) is 0 Å². The maximum absolute atomic E-state index is 11.6. The van der Waals surface area contributed by atoms with Crippen molar-refractivity contribution in [3.8, 4) is 0 Å². The summed E-state index contributed by atoms with van der Waals surface area (Å²) in [6, 6.07) is 0.646. The summed E-state index contributed by atoms with van der Waals surface area (Å²) in [5.41, 5.74) is 0. The summed E-state index contributed by atoms with van der Waals surface area (Å²) >= 11 is 0. The second-order valence-corrected chi connectivity index (χ2v) is 5.46. The fourth-order valence-electron chi connectivity index (χ4n) is 1.80. The molecule has 0 atom stereocenters. The van der Waals surface area contributed by atoms with Crippen molar-refractivity contribution in [2.24, 2.45) is 5.92 Å². The number of nitrogens with zero attached hydrogens (tertiary/aromatic N) is 1. The van der Waals surface area contributed by atoms with Crippen LogP contribution >= 0.6 is 0 Å². The molecule has 0 aromatic heterocycles. The first-order chi connectivity index (χ1) is 8.13. The number of unbranched alkanes of at least 4 members (excludes halogenated alkanes) is 1. The Kier molecular flexibility index (Phi) is 6.56. The highest BCUT2D eigenvalue weighted by atomic mass is 16.5. The number of hydrogen-bond acceptors (Lipinski definition) is 3. The molecule has 0 spiro atoms. The lowest BCUT2D eigenvalue weighted by molar-refractivity contribution is -0.145. The number of ether oxygens (including phenoxy) is 1. The Morgan fingerprint density at radius 2 is 2.12 bits per heavy atom. The third kappa shape index (κ3) is 6.67. The van der Waals surface area contributed by atoms with E-state index in [2.05, 4.69) is 25.7 Å². The molecule has 0 aromatic carbocycles. The largest absolute Gasteiger partial charge is 0.465 e. The molecule has 1 aliphatic carbocycles. The molecule has 0 radical (unpaired) electrons. The summed E-state index contributed by atoms with van der Waals surface area (Å²) in [6.07, 6.45) is 5.72. The maximum atomic E-state index is 11.6. The van der Waals surface area contributed by atoms with E-state index < -0.39 is 0 Å². The molecule has 0 aliphatic heterocycles. The van der Waals surface area contributed by atoms with Gasteiger partial charge in [-0.25, -0.2) is 0 Å². The van der Waals surface area contributed by atoms with Crippen LogP contribution in [0, 0.1) is 5.92 Å². The minimum Gasteiger partial charge on any atom is -0.465 e. The molecule has 3 nitrogen and oxygen atoms in total. The summed E-state index contributed by atoms with van der Waals surface area (Å²) in [6.45, 7) is 8.66. The molecular weight excluding hydrogens is 214 g/mol. The fraction of sp³-hybridized carbons (Fsp3) is 0.929. The van der Waals surface area contributed by atoms with Crippen molar-refractivity contribution in [2.75, 3.05) is 19.7 Å². The topological polar surface area (TPSA) is 29.5 Å². The van der Waals surface area contributed by atoms with Gasteiger partial charge >= 0.3 is 5.97 Å². The average molecular weight is 241 g/mol. The molecule has 1 aliphatic rings. The lowest BCUT2D eigenvalue weighted by Crippen LogP contribution is -2.34. The van der Waals surface area contributed by atoms with Crippen molar-refractivity contribution < 1.29 is 9.53 Å². The van der Waals surface area contributed by atoms with Crippen molar-refractivity contribution in [2.45, 2.75) is 58.9 Å². The fourth-order valence-corrected chi connectivity index (χ4v) is 1.80. The summed E-state index contributed by atoms with van der Waals surface area (Å²) in [5, 5.41) is 0. The molecule has 100 valence electrons. The Balaban J connectivity index is 2.21. The molecule has 1 rings (SSSR count). The molecule has 0 heterocycles. The van der Waals surface area contributed by atoms with Crippen molar-refractivity contribution in [1.82, 2.24) is 4.90 Å². The highest BCUT2D eigenvalue weighted by molar-refractivity contribution is 5.71. The van der Waals surface area contributed by atoms with Gasteiger partial charge < -0.3 is 4.74 Å². The predicted molar refractivity (Wildman–Crippen MR) is 69.9 cm³/mol. The minimum absolute atomic E-state index is 0.0471. The van der Waals surface area contributed by atoms with Gasteiger partial charge in [0, 0.05) is 6.04 Å². The van der Waals surface area contributed by atoms with Gasteiger partial charge in [0.2, 0.25) is 0 Å². The number of rotatable bonds is 9. The number of hydrogen-bond donors (Lipinski definition) is 0. The van der Waals surface area contributed by atoms with Gasteiger partial charge in [-0.05, 0) is 38.1 Å². The number of esters is 1. The van der Waals surface area contributed by atoms with Gasteiger partial charge in [-0.15, -0.1) is 0 Å². The summed E-state index contributed by atoms with van der Waals surface area (Å²) < 4.78 is 5.22. The highest BCUT2D eigenvalue weighted by Gasteiger charge is 2.30. The molecular formula is C14H27NO2. The zero-order valence-electron chi connectivity index (χ0n) is 11.6. The van der Waals surface area contributed by atoms with Crippen LogP contribution in [0.15, 0.2) is 0 Å². The molecule has 1 saturated carbocycles. The lowest BCUT2D eigenvalue weighted by atomic mass is 10.1. The van der Waals surface area contributed by atoms with Gasteiger partial charge in [0.05, 0.1) is 13.2 Å². The van der Waals surface area contributed by atoms with Gasteiger partial charge in [-0.3, -0.25) is 9.69 Å². The molecule has 17 heavy (non-hydrogen) atoms. The Morgan fingerprint density at radius 1 is 1.41 bits per heavy atom. The summed E-state index contributed by atoms with van der Waals surface area (Å²) in [5.74, 6) is 0.654. The quantitative estimate of drug-likeness (QED) is 0.459. The molecule has 0 amide bonds. The van der Waals surface area contributed by atoms with Gasteiger partial charge in [0.1, 0.15) is 0 Å². The second-order valence-electron chi connectivity index (χ2n) is 5.46. The third-order valence-corrected chi connectivity index (χ3v) is 3.15. The molecule has 0 bridgehead atoms. The van der Waals surface area contributed by atoms with Gasteiger partial charge in [-0.1, -0.05) is 27.2 Å². The first-order valence-corrected chi connectivity index (χ1v) is 7.03. The lowest BCUT2D eigenvalue weighted by Gasteiger charge is -2.21. The van der Waals surface area contributed by atoms with E-state index in [1.54, 1.807) is 0 Å². The van der Waals surface area contributed by atoms with Crippen molar-refractivity contribution in [3.05, 3.63) is 0 Å². The number of carbonyl (C=O) groups is 1. The maximum Gasteiger partial charge on any atom is 0.320 e. The molecule has 1 fully saturated rings. The van der Waals surface area contributed by atoms with Gasteiger partial charge in [0.25, 0.3) is 0 Å². The first kappa shape index (κ1) is 14.5. The van der Waals surface area contributed by atoms with E-state index in [1.165, 1.54) is 19.3 Å². The molecule has 0 unspecified atom stereocenters. The summed E-state index contributed by atoms with van der Waals surface area (Å²) in [4.78, 5) is 13.9. The molecule has 3 heteroatoms. The monoisotopic (exact) mass is 241 g/mol. The molecule has 0 N–H and O–H groups in total. The third-order valence-electron chi connectivity index (χ3n) is 3.15. The van der Waals surface area contributed by atoms with Crippen molar-refractivity contribution in [1.29, 1.82) is 0 Å². The standard InChI is InChI=1S/C14H27NO2/c1-4-5-10-17-14(16)11-15(13-6-7-13)9-8-12(2)3/h12-13H,4-11H2,1-3H3. The predicted octanol–water partition coefficient (Wildman–Crippen LogP) is 2.84. The Hall–Kier alpha value is -0.570. The number of carbonyl (C=O) groups excluding carboxylic acids is 1. The van der Waals surface area contributed by atoms with E-state index in [0.717, 1.165) is 19.4 Å². The Morgan fingerprint density at radius 3 is 2.65 bits per heavy atom. The minimum atomic E-state index is -0.0471. The molecule has 0 aromatic rings. The average Bonchev–Trinajstić information content (AvgIpc) is 3.08. The van der Waals surface area contributed by atoms with E-state index in [-0.39, 0.29) is 5.97 Å². The van der Waals surface area contributed by atoms with E-state index in [1.807, 2.05) is 0 Å². The molecule has 0 saturated heterocycles. The normalized spacial score (nSPS) is 15.6. The first-order valence-electron chi connectivity index (χ1n) is 7.03. The SMILES string of the molecule is CCCCOC(=O)CN(CCC(C)C)C1CC1. The smallest absolute Gasteiger partial charge is 0.320 e. The van der Waals surface area contributed by atoms with E-state index in [9.17, 15) is 4.79 Å². The van der Waals surface area contributed by atoms with Crippen LogP contribution in [0.4, 0.5) is 0 Å². The van der Waals surface area contributed by atoms with E-state index in [0.29, 0.717) is 25.1 Å². The van der Waals surface area contributed by atoms with Crippen molar-refractivity contribution >= 4 is 5.97 Å². The van der Waals surface area contributed by atoms with Crippen LogP contribution in [-0.2, 0) is 9.53 Å². The van der Waals surface area contributed by atoms with Crippen LogP contribution in [0.1, 0.15) is 52.9 Å². The zero-order valence-corrected chi connectivity index (χ0v) is 11.6. The second kappa shape index (κ2) is 7.70. The van der Waals surface area contributed by atoms with Crippen LogP contribution in [0.3, 0.4) is 0 Å². The van der Waals surface area contributed by atoms with Crippen LogP contribution < -0.4 is 0 Å². The zero-order chi connectivity index (χ0) is 12.7. The van der Waals surface area contributed by atoms with Crippen LogP contribution in [-0.4, -0.2) is 36.6 Å². The van der Waals surface area contributed by atoms with Crippen molar-refractivity contribution in [3.63, 3.8) is 0 Å². The van der Waals surface area contributed by atoms with Crippen LogP contribution in [0.2, 0.25) is 0 Å².